The maximum atomic E-state index is 9.50. The van der Waals surface area contributed by atoms with Crippen LogP contribution in [0.2, 0.25) is 0 Å². The summed E-state index contributed by atoms with van der Waals surface area (Å²) in [6, 6.07) is 9.33. The number of anilines is 1. The molecule has 1 aromatic rings. The summed E-state index contributed by atoms with van der Waals surface area (Å²) in [5, 5.41) is 42.6. The summed E-state index contributed by atoms with van der Waals surface area (Å²) < 4.78 is 0. The largest absolute Gasteiger partial charge is 2.00 e. The Morgan fingerprint density at radius 3 is 1.83 bits per heavy atom. The molecule has 0 aliphatic heterocycles. The molecular formula is C14H21N2O7Pt+. The average molecular weight is 524 g/mol. The number of aliphatic hydroxyl groups excluding tert-OH is 3. The molecule has 0 radical (unpaired) electrons. The van der Waals surface area contributed by atoms with Gasteiger partial charge in [0.25, 0.3) is 0 Å². The summed E-state index contributed by atoms with van der Waals surface area (Å²) in [6.07, 6.45) is -1.62. The fourth-order valence-corrected chi connectivity index (χ4v) is 1.56. The van der Waals surface area contributed by atoms with Gasteiger partial charge in [0, 0.05) is 18.8 Å². The Balaban J connectivity index is 0. The fourth-order valence-electron chi connectivity index (χ4n) is 1.56. The zero-order valence-corrected chi connectivity index (χ0v) is 15.0. The molecule has 0 aliphatic rings. The van der Waals surface area contributed by atoms with Crippen molar-refractivity contribution in [2.75, 3.05) is 31.1 Å². The quantitative estimate of drug-likeness (QED) is 0.296. The van der Waals surface area contributed by atoms with Crippen LogP contribution in [0.3, 0.4) is 0 Å². The Labute approximate surface area is 153 Å². The molecule has 1 rings (SSSR count). The number of aliphatic carboxylic acids is 2. The number of para-hydroxylation sites is 1. The fraction of sp³-hybridized carbons (Fsp3) is 0.429. The molecule has 24 heavy (non-hydrogen) atoms. The van der Waals surface area contributed by atoms with Gasteiger partial charge >= 0.3 is 33.0 Å². The predicted octanol–water partition coefficient (Wildman–Crippen LogP) is -0.588. The van der Waals surface area contributed by atoms with Gasteiger partial charge < -0.3 is 36.2 Å². The Morgan fingerprint density at radius 2 is 1.46 bits per heavy atom. The van der Waals surface area contributed by atoms with Gasteiger partial charge in [-0.15, -0.1) is 6.54 Å². The Morgan fingerprint density at radius 1 is 1.00 bits per heavy atom. The summed E-state index contributed by atoms with van der Waals surface area (Å²) in [6.45, 7) is 0.0982. The number of hydrogen-bond donors (Lipinski definition) is 5. The van der Waals surface area contributed by atoms with E-state index in [9.17, 15) is 10.2 Å². The number of carboxylic acid groups (broad SMARTS) is 2. The molecule has 0 amide bonds. The van der Waals surface area contributed by atoms with Crippen molar-refractivity contribution >= 4 is 17.6 Å². The van der Waals surface area contributed by atoms with Crippen LogP contribution in [0.15, 0.2) is 30.3 Å². The van der Waals surface area contributed by atoms with Crippen LogP contribution in [-0.2, 0) is 30.7 Å². The summed E-state index contributed by atoms with van der Waals surface area (Å²) >= 11 is 0. The molecule has 0 spiro atoms. The number of hydrogen-bond acceptors (Lipinski definition) is 6. The third-order valence-corrected chi connectivity index (χ3v) is 2.61. The molecule has 0 heterocycles. The zero-order chi connectivity index (χ0) is 17.8. The number of nitrogens with one attached hydrogen (secondary N) is 1. The van der Waals surface area contributed by atoms with Gasteiger partial charge in [-0.05, 0) is 12.1 Å². The monoisotopic (exact) mass is 524 g/mol. The second-order valence-corrected chi connectivity index (χ2v) is 4.55. The molecule has 0 bridgehead atoms. The molecule has 1 aromatic carbocycles. The van der Waals surface area contributed by atoms with Gasteiger partial charge in [-0.3, -0.25) is 0 Å². The molecule has 9 nitrogen and oxygen atoms in total. The number of benzene rings is 1. The van der Waals surface area contributed by atoms with Crippen LogP contribution in [0.1, 0.15) is 0 Å². The SMILES string of the molecule is O=C(O)C(=O)O.[NH-]CC(O)CN(CC(O)CO)c1ccccc1.[Pt+2]. The molecule has 6 N–H and O–H groups in total. The van der Waals surface area contributed by atoms with E-state index in [0.29, 0.717) is 0 Å². The van der Waals surface area contributed by atoms with Crippen molar-refractivity contribution in [2.24, 2.45) is 0 Å². The van der Waals surface area contributed by atoms with E-state index in [1.165, 1.54) is 0 Å². The van der Waals surface area contributed by atoms with E-state index >= 15 is 0 Å². The normalized spacial score (nSPS) is 12.0. The molecule has 10 heteroatoms. The smallest absolute Gasteiger partial charge is 0.675 e. The van der Waals surface area contributed by atoms with Crippen LogP contribution in [0.25, 0.3) is 5.73 Å². The number of nitrogens with zero attached hydrogens (tertiary/aromatic N) is 1. The Kier molecular flexibility index (Phi) is 14.3. The van der Waals surface area contributed by atoms with Gasteiger partial charge in [0.05, 0.1) is 18.8 Å². The summed E-state index contributed by atoms with van der Waals surface area (Å²) in [5.74, 6) is -3.65. The first-order valence-corrected chi connectivity index (χ1v) is 6.69. The number of carbonyl (C=O) groups is 2. The van der Waals surface area contributed by atoms with E-state index in [1.807, 2.05) is 30.3 Å². The van der Waals surface area contributed by atoms with E-state index in [4.69, 9.17) is 30.6 Å². The van der Waals surface area contributed by atoms with Crippen molar-refractivity contribution in [1.29, 1.82) is 0 Å². The molecular weight excluding hydrogens is 503 g/mol. The third-order valence-electron chi connectivity index (χ3n) is 2.61. The molecule has 0 saturated carbocycles. The van der Waals surface area contributed by atoms with Crippen LogP contribution in [0.4, 0.5) is 5.69 Å². The first kappa shape index (κ1) is 24.7. The van der Waals surface area contributed by atoms with E-state index in [2.05, 4.69) is 0 Å². The van der Waals surface area contributed by atoms with Crippen LogP contribution in [0, 0.1) is 0 Å². The summed E-state index contributed by atoms with van der Waals surface area (Å²) in [5.41, 5.74) is 7.96. The van der Waals surface area contributed by atoms with Crippen LogP contribution < -0.4 is 4.90 Å². The minimum absolute atomic E-state index is 0. The van der Waals surface area contributed by atoms with Crippen LogP contribution in [-0.4, -0.2) is 75.9 Å². The molecule has 2 atom stereocenters. The molecule has 0 aliphatic carbocycles. The van der Waals surface area contributed by atoms with Crippen LogP contribution in [0.5, 0.6) is 0 Å². The van der Waals surface area contributed by atoms with Gasteiger partial charge in [0.15, 0.2) is 0 Å². The predicted molar refractivity (Wildman–Crippen MR) is 82.2 cm³/mol. The van der Waals surface area contributed by atoms with Gasteiger partial charge in [0.1, 0.15) is 0 Å². The molecule has 0 aromatic heterocycles. The number of aliphatic hydroxyl groups is 3. The van der Waals surface area contributed by atoms with E-state index in [-0.39, 0.29) is 47.3 Å². The van der Waals surface area contributed by atoms with Crippen molar-refractivity contribution in [1.82, 2.24) is 0 Å². The number of rotatable bonds is 7. The topological polar surface area (TPSA) is 162 Å². The maximum Gasteiger partial charge on any atom is 2.00 e. The van der Waals surface area contributed by atoms with Gasteiger partial charge in [-0.25, -0.2) is 9.59 Å². The second-order valence-electron chi connectivity index (χ2n) is 4.55. The Hall–Kier alpha value is -1.51. The van der Waals surface area contributed by atoms with Crippen LogP contribution >= 0.6 is 0 Å². The first-order valence-electron chi connectivity index (χ1n) is 6.69. The molecule has 0 fully saturated rings. The maximum absolute atomic E-state index is 9.50. The van der Waals surface area contributed by atoms with Gasteiger partial charge in [-0.1, -0.05) is 18.2 Å². The van der Waals surface area contributed by atoms with Gasteiger partial charge in [0.2, 0.25) is 0 Å². The summed E-state index contributed by atoms with van der Waals surface area (Å²) in [4.78, 5) is 20.0. The van der Waals surface area contributed by atoms with Crippen molar-refractivity contribution < 1.29 is 56.2 Å². The van der Waals surface area contributed by atoms with E-state index in [1.54, 1.807) is 4.90 Å². The number of carboxylic acids is 2. The average Bonchev–Trinajstić information content (AvgIpc) is 2.55. The third kappa shape index (κ3) is 11.1. The molecule has 2 unspecified atom stereocenters. The minimum Gasteiger partial charge on any atom is -0.675 e. The van der Waals surface area contributed by atoms with Crippen molar-refractivity contribution in [2.45, 2.75) is 12.2 Å². The Bertz CT molecular complexity index is 451. The molecule has 0 saturated heterocycles. The van der Waals surface area contributed by atoms with Crippen molar-refractivity contribution in [3.05, 3.63) is 36.1 Å². The first-order chi connectivity index (χ1) is 10.8. The van der Waals surface area contributed by atoms with Gasteiger partial charge in [-0.2, -0.15) is 0 Å². The zero-order valence-electron chi connectivity index (χ0n) is 12.7. The summed E-state index contributed by atoms with van der Waals surface area (Å²) in [7, 11) is 0. The van der Waals surface area contributed by atoms with E-state index < -0.39 is 24.1 Å². The van der Waals surface area contributed by atoms with Crippen molar-refractivity contribution in [3.63, 3.8) is 0 Å². The standard InChI is InChI=1S/C12H19N2O3.C2H2O4.Pt/c13-6-11(16)7-14(8-12(17)9-15)10-4-2-1-3-5-10;3-1(4)2(5)6;/h1-5,11-13,15-17H,6-9H2;(H,3,4)(H,5,6);/q-1;;+2. The van der Waals surface area contributed by atoms with Crippen molar-refractivity contribution in [3.8, 4) is 0 Å². The van der Waals surface area contributed by atoms with E-state index in [0.717, 1.165) is 5.69 Å². The molecule has 138 valence electrons. The minimum atomic E-state index is -1.82. The second kappa shape index (κ2) is 13.9.